The Labute approximate surface area is 257 Å². The second-order valence-corrected chi connectivity index (χ2v) is 11.2. The van der Waals surface area contributed by atoms with Gasteiger partial charge in [0, 0.05) is 23.5 Å². The molecule has 0 fully saturated rings. The van der Waals surface area contributed by atoms with Gasteiger partial charge in [-0.05, 0) is 59.0 Å². The van der Waals surface area contributed by atoms with Crippen molar-refractivity contribution in [1.82, 2.24) is 0 Å². The van der Waals surface area contributed by atoms with E-state index in [-0.39, 0.29) is 23.9 Å². The molecule has 2 heterocycles. The number of carbonyl (C=O) groups is 2. The van der Waals surface area contributed by atoms with Gasteiger partial charge in [0.1, 0.15) is 17.2 Å². The first-order valence-corrected chi connectivity index (χ1v) is 14.7. The molecule has 0 radical (unpaired) electrons. The number of Topliss-reactive ketones (excluding diaryl/α,β-unsaturated/α-hetero) is 1. The van der Waals surface area contributed by atoms with E-state index in [1.54, 1.807) is 32.4 Å². The van der Waals surface area contributed by atoms with Crippen LogP contribution in [0.3, 0.4) is 0 Å². The van der Waals surface area contributed by atoms with Gasteiger partial charge in [-0.2, -0.15) is 0 Å². The number of fused-ring (bicyclic) bond motifs is 3. The zero-order chi connectivity index (χ0) is 30.8. The summed E-state index contributed by atoms with van der Waals surface area (Å²) < 4.78 is 29.2. The van der Waals surface area contributed by atoms with Crippen LogP contribution in [0.5, 0.6) is 28.7 Å². The summed E-state index contributed by atoms with van der Waals surface area (Å²) in [7, 11) is 3.22. The Morgan fingerprint density at radius 3 is 2.36 bits per heavy atom. The second-order valence-electron chi connectivity index (χ2n) is 11.2. The number of ketones is 1. The van der Waals surface area contributed by atoms with E-state index in [1.807, 2.05) is 54.6 Å². The maximum atomic E-state index is 13.5. The molecule has 2 aliphatic rings. The predicted molar refractivity (Wildman–Crippen MR) is 167 cm³/mol. The third kappa shape index (κ3) is 5.65. The van der Waals surface area contributed by atoms with Crippen LogP contribution < -0.4 is 23.7 Å². The van der Waals surface area contributed by atoms with E-state index in [0.717, 1.165) is 22.4 Å². The van der Waals surface area contributed by atoms with Crippen molar-refractivity contribution in [2.75, 3.05) is 20.8 Å². The van der Waals surface area contributed by atoms with Crippen molar-refractivity contribution < 1.29 is 33.3 Å². The van der Waals surface area contributed by atoms with Gasteiger partial charge in [-0.3, -0.25) is 9.59 Å². The number of esters is 1. The maximum absolute atomic E-state index is 13.5. The molecule has 0 aliphatic carbocycles. The molecule has 1 atom stereocenters. The van der Waals surface area contributed by atoms with Crippen LogP contribution in [0.15, 0.2) is 84.6 Å². The largest absolute Gasteiger partial charge is 0.497 e. The monoisotopic (exact) mass is 590 g/mol. The summed E-state index contributed by atoms with van der Waals surface area (Å²) in [5, 5.41) is 0. The topological polar surface area (TPSA) is 80.3 Å². The molecule has 0 saturated carbocycles. The number of hydrogen-bond acceptors (Lipinski definition) is 7. The van der Waals surface area contributed by atoms with E-state index >= 15 is 0 Å². The number of rotatable bonds is 9. The fraction of sp³-hybridized carbons (Fsp3) is 0.243. The van der Waals surface area contributed by atoms with Crippen LogP contribution in [0.4, 0.5) is 0 Å². The summed E-state index contributed by atoms with van der Waals surface area (Å²) in [6, 6.07) is 24.8. The summed E-state index contributed by atoms with van der Waals surface area (Å²) >= 11 is 0. The molecule has 0 amide bonds. The molecule has 2 aliphatic heterocycles. The van der Waals surface area contributed by atoms with E-state index in [1.165, 1.54) is 5.56 Å². The highest BCUT2D eigenvalue weighted by molar-refractivity contribution is 6.15. The lowest BCUT2D eigenvalue weighted by atomic mass is 9.84. The highest BCUT2D eigenvalue weighted by atomic mass is 16.5. The van der Waals surface area contributed by atoms with Gasteiger partial charge in [-0.25, -0.2) is 0 Å². The Morgan fingerprint density at radius 1 is 0.886 bits per heavy atom. The third-order valence-corrected chi connectivity index (χ3v) is 8.08. The minimum Gasteiger partial charge on any atom is -0.497 e. The maximum Gasteiger partial charge on any atom is 0.312 e. The van der Waals surface area contributed by atoms with Gasteiger partial charge < -0.3 is 23.7 Å². The van der Waals surface area contributed by atoms with Crippen LogP contribution >= 0.6 is 0 Å². The van der Waals surface area contributed by atoms with Crippen LogP contribution in [0.25, 0.3) is 6.08 Å². The van der Waals surface area contributed by atoms with Crippen LogP contribution in [-0.4, -0.2) is 32.6 Å². The number of ether oxygens (including phenoxy) is 5. The van der Waals surface area contributed by atoms with Crippen LogP contribution in [-0.2, 0) is 11.2 Å². The van der Waals surface area contributed by atoms with Crippen molar-refractivity contribution in [2.24, 2.45) is 0 Å². The summed E-state index contributed by atoms with van der Waals surface area (Å²) in [6.07, 6.45) is 2.46. The van der Waals surface area contributed by atoms with Gasteiger partial charge in [0.2, 0.25) is 5.78 Å². The minimum absolute atomic E-state index is 0.0543. The lowest BCUT2D eigenvalue weighted by molar-refractivity contribution is -0.135. The average molecular weight is 591 g/mol. The van der Waals surface area contributed by atoms with E-state index in [0.29, 0.717) is 53.1 Å². The molecule has 6 rings (SSSR count). The van der Waals surface area contributed by atoms with Crippen molar-refractivity contribution in [3.8, 4) is 28.7 Å². The van der Waals surface area contributed by atoms with Gasteiger partial charge in [-0.1, -0.05) is 62.4 Å². The molecule has 4 aromatic carbocycles. The zero-order valence-electron chi connectivity index (χ0n) is 25.2. The molecular weight excluding hydrogens is 556 g/mol. The Bertz CT molecular complexity index is 1730. The predicted octanol–water partition coefficient (Wildman–Crippen LogP) is 7.51. The highest BCUT2D eigenvalue weighted by Crippen LogP contribution is 2.51. The molecule has 0 saturated heterocycles. The zero-order valence-corrected chi connectivity index (χ0v) is 25.2. The minimum atomic E-state index is -0.482. The molecule has 0 bridgehead atoms. The van der Waals surface area contributed by atoms with Crippen molar-refractivity contribution in [1.29, 1.82) is 0 Å². The fourth-order valence-corrected chi connectivity index (χ4v) is 5.69. The first-order chi connectivity index (χ1) is 21.4. The highest BCUT2D eigenvalue weighted by Gasteiger charge is 2.39. The van der Waals surface area contributed by atoms with Crippen molar-refractivity contribution in [2.45, 2.75) is 38.5 Å². The number of benzene rings is 4. The van der Waals surface area contributed by atoms with E-state index in [9.17, 15) is 9.59 Å². The third-order valence-electron chi connectivity index (χ3n) is 8.08. The lowest BCUT2D eigenvalue weighted by Crippen LogP contribution is -2.22. The number of allylic oxidation sites excluding steroid dienone is 1. The number of para-hydroxylation sites is 1. The van der Waals surface area contributed by atoms with Crippen LogP contribution in [0.2, 0.25) is 0 Å². The number of carbonyl (C=O) groups excluding carboxylic acids is 2. The smallest absolute Gasteiger partial charge is 0.312 e. The summed E-state index contributed by atoms with van der Waals surface area (Å²) in [4.78, 5) is 26.3. The molecule has 4 aromatic rings. The summed E-state index contributed by atoms with van der Waals surface area (Å²) in [5.41, 5.74) is 5.00. The molecule has 7 heteroatoms. The summed E-state index contributed by atoms with van der Waals surface area (Å²) in [5.74, 6) is 2.21. The fourth-order valence-electron chi connectivity index (χ4n) is 5.69. The Morgan fingerprint density at radius 2 is 1.66 bits per heavy atom. The second kappa shape index (κ2) is 12.3. The van der Waals surface area contributed by atoms with Crippen LogP contribution in [0.1, 0.15) is 70.3 Å². The number of hydrogen-bond donors (Lipinski definition) is 0. The van der Waals surface area contributed by atoms with Gasteiger partial charge in [0.25, 0.3) is 0 Å². The summed E-state index contributed by atoms with van der Waals surface area (Å²) in [6.45, 7) is 4.66. The normalized spacial score (nSPS) is 16.3. The van der Waals surface area contributed by atoms with Crippen molar-refractivity contribution >= 4 is 17.8 Å². The molecule has 44 heavy (non-hydrogen) atoms. The lowest BCUT2D eigenvalue weighted by Gasteiger charge is -2.28. The number of methoxy groups -OCH3 is 2. The van der Waals surface area contributed by atoms with Crippen molar-refractivity contribution in [3.63, 3.8) is 0 Å². The molecule has 0 spiro atoms. The van der Waals surface area contributed by atoms with Crippen molar-refractivity contribution in [3.05, 3.63) is 118 Å². The average Bonchev–Trinajstić information content (AvgIpc) is 3.35. The molecular formula is C37H34O7. The SMILES string of the molecule is COc1ccc(CCOc2c(OC)cccc2C2CC(=O)Oc3ccc4c(c32)OC(=Cc2ccc(C(C)C)cc2)C4=O)cc1. The molecule has 7 nitrogen and oxygen atoms in total. The standard InChI is InChI=1S/C37H34O7/c1-22(2)25-12-8-24(9-13-25)20-32-35(39)28-16-17-30-34(37(28)44-32)29(21-33(38)43-30)27-6-5-7-31(41-4)36(27)42-19-18-23-10-14-26(40-3)15-11-23/h5-17,20,22,29H,18-19,21H2,1-4H3. The van der Waals surface area contributed by atoms with Gasteiger partial charge >= 0.3 is 5.97 Å². The first-order valence-electron chi connectivity index (χ1n) is 14.7. The Hall–Kier alpha value is -5.04. The van der Waals surface area contributed by atoms with E-state index < -0.39 is 5.92 Å². The van der Waals surface area contributed by atoms with Gasteiger partial charge in [0.05, 0.1) is 32.8 Å². The Balaban J connectivity index is 1.34. The van der Waals surface area contributed by atoms with Crippen LogP contribution in [0, 0.1) is 0 Å². The molecule has 224 valence electrons. The first kappa shape index (κ1) is 29.1. The quantitative estimate of drug-likeness (QED) is 0.113. The van der Waals surface area contributed by atoms with E-state index in [2.05, 4.69) is 26.0 Å². The molecule has 0 N–H and O–H groups in total. The molecule has 1 unspecified atom stereocenters. The van der Waals surface area contributed by atoms with Gasteiger partial charge in [-0.15, -0.1) is 0 Å². The molecule has 0 aromatic heterocycles. The van der Waals surface area contributed by atoms with E-state index in [4.69, 9.17) is 23.7 Å². The van der Waals surface area contributed by atoms with Gasteiger partial charge in [0.15, 0.2) is 17.3 Å². The Kier molecular flexibility index (Phi) is 8.11.